The minimum atomic E-state index is -1.94. The first-order chi connectivity index (χ1) is 15.4. The van der Waals surface area contributed by atoms with Crippen molar-refractivity contribution in [1.29, 1.82) is 0 Å². The zero-order valence-corrected chi connectivity index (χ0v) is 20.5. The number of hydrogen-bond donors (Lipinski definition) is 4. The van der Waals surface area contributed by atoms with Crippen LogP contribution in [0.3, 0.4) is 0 Å². The van der Waals surface area contributed by atoms with E-state index in [0.717, 1.165) is 24.8 Å². The molecule has 7 nitrogen and oxygen atoms in total. The second-order valence-corrected chi connectivity index (χ2v) is 10.6. The molecule has 2 aliphatic carbocycles. The predicted octanol–water partition coefficient (Wildman–Crippen LogP) is 3.96. The summed E-state index contributed by atoms with van der Waals surface area (Å²) in [7, 11) is 0. The van der Waals surface area contributed by atoms with Crippen molar-refractivity contribution in [3.63, 3.8) is 0 Å². The third-order valence-corrected chi connectivity index (χ3v) is 7.19. The second-order valence-electron chi connectivity index (χ2n) is 10.6. The van der Waals surface area contributed by atoms with E-state index < -0.39 is 29.4 Å². The number of carbonyl (C=O) groups is 2. The molecule has 0 saturated carbocycles. The lowest BCUT2D eigenvalue weighted by atomic mass is 9.66. The van der Waals surface area contributed by atoms with Crippen molar-refractivity contribution in [3.05, 3.63) is 23.8 Å². The van der Waals surface area contributed by atoms with E-state index in [1.807, 2.05) is 26.0 Å². The van der Waals surface area contributed by atoms with Gasteiger partial charge in [-0.2, -0.15) is 0 Å². The van der Waals surface area contributed by atoms with Gasteiger partial charge in [0.25, 0.3) is 0 Å². The van der Waals surface area contributed by atoms with Crippen LogP contribution in [0, 0.1) is 23.2 Å². The molecule has 2 rings (SSSR count). The summed E-state index contributed by atoms with van der Waals surface area (Å²) in [5.41, 5.74) is 0.317. The van der Waals surface area contributed by atoms with Crippen LogP contribution in [0.1, 0.15) is 85.5 Å². The first kappa shape index (κ1) is 27.5. The molecule has 33 heavy (non-hydrogen) atoms. The van der Waals surface area contributed by atoms with Gasteiger partial charge in [0, 0.05) is 31.6 Å². The summed E-state index contributed by atoms with van der Waals surface area (Å²) in [5.74, 6) is -3.16. The molecule has 7 heteroatoms. The lowest BCUT2D eigenvalue weighted by Crippen LogP contribution is -2.44. The zero-order valence-electron chi connectivity index (χ0n) is 20.5. The van der Waals surface area contributed by atoms with Crippen molar-refractivity contribution in [2.24, 2.45) is 23.2 Å². The molecule has 5 atom stereocenters. The number of carboxylic acid groups (broad SMARTS) is 1. The number of aliphatic hydroxyl groups is 3. The van der Waals surface area contributed by atoms with Gasteiger partial charge in [0.1, 0.15) is 6.10 Å². The Hall–Kier alpha value is -1.70. The van der Waals surface area contributed by atoms with E-state index in [1.165, 1.54) is 0 Å². The highest BCUT2D eigenvalue weighted by molar-refractivity contribution is 5.76. The fourth-order valence-corrected chi connectivity index (χ4v) is 5.05. The summed E-state index contributed by atoms with van der Waals surface area (Å²) >= 11 is 0. The molecule has 0 aromatic rings. The smallest absolute Gasteiger partial charge is 0.311 e. The maximum atomic E-state index is 13.0. The summed E-state index contributed by atoms with van der Waals surface area (Å²) in [5, 5.41) is 40.0. The van der Waals surface area contributed by atoms with E-state index in [2.05, 4.69) is 19.9 Å². The van der Waals surface area contributed by atoms with Gasteiger partial charge in [0.15, 0.2) is 5.79 Å². The number of rotatable bonds is 12. The average molecular weight is 467 g/mol. The Morgan fingerprint density at radius 1 is 1.15 bits per heavy atom. The fourth-order valence-electron chi connectivity index (χ4n) is 5.05. The molecule has 0 aromatic carbocycles. The highest BCUT2D eigenvalue weighted by atomic mass is 16.5. The van der Waals surface area contributed by atoms with E-state index >= 15 is 0 Å². The van der Waals surface area contributed by atoms with Crippen molar-refractivity contribution in [3.8, 4) is 0 Å². The van der Waals surface area contributed by atoms with Crippen molar-refractivity contribution in [2.45, 2.75) is 103 Å². The molecule has 188 valence electrons. The molecule has 2 aliphatic rings. The molecule has 0 aromatic heterocycles. The van der Waals surface area contributed by atoms with Gasteiger partial charge in [-0.05, 0) is 50.5 Å². The van der Waals surface area contributed by atoms with Crippen LogP contribution >= 0.6 is 0 Å². The number of unbranched alkanes of at least 4 members (excludes halogenated alkanes) is 1. The van der Waals surface area contributed by atoms with Gasteiger partial charge in [-0.3, -0.25) is 9.59 Å². The fraction of sp³-hybridized carbons (Fsp3) is 0.769. The summed E-state index contributed by atoms with van der Waals surface area (Å²) in [6, 6.07) is 0. The minimum absolute atomic E-state index is 0.00320. The monoisotopic (exact) mass is 466 g/mol. The van der Waals surface area contributed by atoms with Crippen molar-refractivity contribution in [2.75, 3.05) is 0 Å². The zero-order chi connectivity index (χ0) is 24.8. The first-order valence-corrected chi connectivity index (χ1v) is 12.3. The van der Waals surface area contributed by atoms with Crippen LogP contribution in [0.4, 0.5) is 0 Å². The van der Waals surface area contributed by atoms with Gasteiger partial charge in [-0.15, -0.1) is 0 Å². The van der Waals surface area contributed by atoms with Crippen LogP contribution in [0.2, 0.25) is 0 Å². The van der Waals surface area contributed by atoms with Crippen LogP contribution in [0.15, 0.2) is 23.8 Å². The Kier molecular flexibility index (Phi) is 9.70. The quantitative estimate of drug-likeness (QED) is 0.253. The minimum Gasteiger partial charge on any atom is -0.481 e. The highest BCUT2D eigenvalue weighted by Gasteiger charge is 2.44. The van der Waals surface area contributed by atoms with Gasteiger partial charge >= 0.3 is 11.9 Å². The number of carboxylic acids is 1. The molecule has 0 fully saturated rings. The predicted molar refractivity (Wildman–Crippen MR) is 125 cm³/mol. The van der Waals surface area contributed by atoms with Gasteiger partial charge in [-0.25, -0.2) is 0 Å². The maximum Gasteiger partial charge on any atom is 0.311 e. The number of aliphatic carboxylic acids is 1. The number of fused-ring (bicyclic) bond motifs is 1. The van der Waals surface area contributed by atoms with Gasteiger partial charge in [-0.1, -0.05) is 44.9 Å². The first-order valence-electron chi connectivity index (χ1n) is 12.3. The molecular formula is C26H42O7. The topological polar surface area (TPSA) is 124 Å². The van der Waals surface area contributed by atoms with Crippen molar-refractivity contribution >= 4 is 11.9 Å². The molecule has 0 aliphatic heterocycles. The number of allylic oxidation sites excluding steroid dienone is 2. The molecular weight excluding hydrogens is 424 g/mol. The second kappa shape index (κ2) is 11.6. The Balaban J connectivity index is 2.15. The van der Waals surface area contributed by atoms with Gasteiger partial charge in [0.05, 0.1) is 11.5 Å². The van der Waals surface area contributed by atoms with Crippen LogP contribution < -0.4 is 0 Å². The lowest BCUT2D eigenvalue weighted by molar-refractivity contribution is -0.178. The van der Waals surface area contributed by atoms with Crippen LogP contribution in [-0.4, -0.2) is 50.4 Å². The number of ether oxygens (including phenoxy) is 1. The largest absolute Gasteiger partial charge is 0.481 e. The molecule has 0 spiro atoms. The normalized spacial score (nSPS) is 27.6. The Bertz CT molecular complexity index is 737. The number of carbonyl (C=O) groups excluding carboxylic acids is 1. The van der Waals surface area contributed by atoms with Crippen LogP contribution in [0.25, 0.3) is 0 Å². The highest BCUT2D eigenvalue weighted by Crippen LogP contribution is 2.45. The molecule has 0 radical (unpaired) electrons. The Morgan fingerprint density at radius 3 is 2.48 bits per heavy atom. The molecule has 5 unspecified atom stereocenters. The van der Waals surface area contributed by atoms with E-state index in [4.69, 9.17) is 9.84 Å². The number of aliphatic hydroxyl groups excluding tert-OH is 1. The van der Waals surface area contributed by atoms with Crippen molar-refractivity contribution in [1.82, 2.24) is 0 Å². The van der Waals surface area contributed by atoms with Gasteiger partial charge < -0.3 is 25.2 Å². The molecule has 0 heterocycles. The number of hydrogen-bond acceptors (Lipinski definition) is 6. The standard InChI is InChI=1S/C26H42O7/c1-5-6-12-25(3,4)24(30)33-21-16-19(27)15-18-10-9-17(2)20(23(18)21)11-14-26(31,32)13-7-8-22(28)29/h9-10,15,17,19-21,23,27,31-32H,5-8,11-14,16H2,1-4H3,(H,28,29). The summed E-state index contributed by atoms with van der Waals surface area (Å²) < 4.78 is 6.03. The van der Waals surface area contributed by atoms with Crippen LogP contribution in [-0.2, 0) is 14.3 Å². The Labute approximate surface area is 197 Å². The number of esters is 1. The summed E-state index contributed by atoms with van der Waals surface area (Å²) in [6.07, 6.45) is 8.31. The van der Waals surface area contributed by atoms with Gasteiger partial charge in [0.2, 0.25) is 0 Å². The summed E-state index contributed by atoms with van der Waals surface area (Å²) in [4.78, 5) is 23.8. The maximum absolute atomic E-state index is 13.0. The molecule has 0 saturated heterocycles. The van der Waals surface area contributed by atoms with E-state index in [0.29, 0.717) is 12.8 Å². The average Bonchev–Trinajstić information content (AvgIpc) is 2.71. The molecule has 0 amide bonds. The molecule has 0 bridgehead atoms. The Morgan fingerprint density at radius 2 is 1.85 bits per heavy atom. The SMILES string of the molecule is CCCCC(C)(C)C(=O)OC1CC(O)C=C2C=CC(C)C(CCC(O)(O)CCCC(=O)O)C21. The lowest BCUT2D eigenvalue weighted by Gasteiger charge is -2.43. The van der Waals surface area contributed by atoms with E-state index in [1.54, 1.807) is 0 Å². The van der Waals surface area contributed by atoms with Crippen LogP contribution in [0.5, 0.6) is 0 Å². The van der Waals surface area contributed by atoms with Crippen molar-refractivity contribution < 1.29 is 34.8 Å². The third-order valence-electron chi connectivity index (χ3n) is 7.19. The van der Waals surface area contributed by atoms with E-state index in [-0.39, 0.29) is 49.4 Å². The summed E-state index contributed by atoms with van der Waals surface area (Å²) in [6.45, 7) is 7.93. The van der Waals surface area contributed by atoms with E-state index in [9.17, 15) is 24.9 Å². The third kappa shape index (κ3) is 7.94. The molecule has 4 N–H and O–H groups in total.